The summed E-state index contributed by atoms with van der Waals surface area (Å²) in [5.41, 5.74) is 4.19. The lowest BCUT2D eigenvalue weighted by Crippen LogP contribution is -2.19. The third-order valence-electron chi connectivity index (χ3n) is 7.15. The molecule has 212 valence electrons. The van der Waals surface area contributed by atoms with Gasteiger partial charge in [-0.2, -0.15) is 18.3 Å². The molecule has 6 rings (SSSR count). The van der Waals surface area contributed by atoms with Crippen molar-refractivity contribution >= 4 is 22.8 Å². The Balaban J connectivity index is 1.20. The summed E-state index contributed by atoms with van der Waals surface area (Å²) in [6.45, 7) is 3.35. The van der Waals surface area contributed by atoms with E-state index in [2.05, 4.69) is 32.2 Å². The van der Waals surface area contributed by atoms with E-state index in [0.717, 1.165) is 72.2 Å². The number of amides is 1. The van der Waals surface area contributed by atoms with Crippen LogP contribution in [0.4, 0.5) is 19.0 Å². The molecule has 1 aliphatic rings. The van der Waals surface area contributed by atoms with E-state index in [-0.39, 0.29) is 11.4 Å². The lowest BCUT2D eigenvalue weighted by Gasteiger charge is -2.22. The number of pyridine rings is 1. The molecule has 5 aromatic rings. The van der Waals surface area contributed by atoms with Crippen molar-refractivity contribution in [1.29, 1.82) is 0 Å². The minimum Gasteiger partial charge on any atom is -0.381 e. The van der Waals surface area contributed by atoms with Gasteiger partial charge in [-0.05, 0) is 67.8 Å². The van der Waals surface area contributed by atoms with Crippen molar-refractivity contribution in [3.8, 4) is 17.5 Å². The van der Waals surface area contributed by atoms with Crippen molar-refractivity contribution in [3.63, 3.8) is 0 Å². The van der Waals surface area contributed by atoms with Crippen LogP contribution in [0.1, 0.15) is 51.5 Å². The number of alkyl halides is 3. The molecule has 0 spiro atoms. The van der Waals surface area contributed by atoms with Gasteiger partial charge in [0.25, 0.3) is 5.91 Å². The number of benzene rings is 2. The van der Waals surface area contributed by atoms with Crippen molar-refractivity contribution in [2.75, 3.05) is 18.5 Å². The summed E-state index contributed by atoms with van der Waals surface area (Å²) < 4.78 is 48.5. The first-order valence-electron chi connectivity index (χ1n) is 13.3. The number of carbonyl (C=O) groups is 1. The van der Waals surface area contributed by atoms with Gasteiger partial charge in [0.1, 0.15) is 12.1 Å². The number of fused-ring (bicyclic) bond motifs is 1. The predicted molar refractivity (Wildman–Crippen MR) is 150 cm³/mol. The standard InChI is InChI=1S/C31H25F3N6O2/c1-20-2-5-23(30(41)38-29-16-24(8-11-35-29)31(32,33)34)15-22(20)6-3-21-4-7-28-27(14-21)36-19-39(28)26-17-37-40(18-26)25-9-12-42-13-10-25/h2,4-5,7-8,11,14-19,25H,9-10,12-13H2,1H3,(H,35,38,41). The van der Waals surface area contributed by atoms with Crippen LogP contribution in [0, 0.1) is 18.8 Å². The van der Waals surface area contributed by atoms with Gasteiger partial charge < -0.3 is 10.1 Å². The molecular formula is C31H25F3N6O2. The molecule has 2 aromatic carbocycles. The first-order valence-corrected chi connectivity index (χ1v) is 13.3. The number of halogens is 3. The van der Waals surface area contributed by atoms with Crippen LogP contribution in [0.15, 0.2) is 73.4 Å². The van der Waals surface area contributed by atoms with Crippen LogP contribution in [0.25, 0.3) is 16.7 Å². The van der Waals surface area contributed by atoms with Crippen molar-refractivity contribution in [1.82, 2.24) is 24.3 Å². The van der Waals surface area contributed by atoms with Crippen molar-refractivity contribution in [2.45, 2.75) is 32.0 Å². The fourth-order valence-electron chi connectivity index (χ4n) is 4.80. The van der Waals surface area contributed by atoms with E-state index in [4.69, 9.17) is 4.74 Å². The molecule has 0 saturated carbocycles. The average Bonchev–Trinajstić information content (AvgIpc) is 3.64. The lowest BCUT2D eigenvalue weighted by atomic mass is 10.0. The quantitative estimate of drug-likeness (QED) is 0.270. The van der Waals surface area contributed by atoms with Gasteiger partial charge in [-0.15, -0.1) is 0 Å². The number of hydrogen-bond donors (Lipinski definition) is 1. The fourth-order valence-corrected chi connectivity index (χ4v) is 4.80. The fraction of sp³-hybridized carbons (Fsp3) is 0.226. The molecule has 42 heavy (non-hydrogen) atoms. The van der Waals surface area contributed by atoms with Gasteiger partial charge >= 0.3 is 6.18 Å². The van der Waals surface area contributed by atoms with E-state index < -0.39 is 17.6 Å². The van der Waals surface area contributed by atoms with E-state index in [1.807, 2.05) is 46.8 Å². The molecule has 1 amide bonds. The Kier molecular flexibility index (Phi) is 7.22. The van der Waals surface area contributed by atoms with Crippen LogP contribution in [0.2, 0.25) is 0 Å². The SMILES string of the molecule is Cc1ccc(C(=O)Nc2cc(C(F)(F)F)ccn2)cc1C#Cc1ccc2c(c1)ncn2-c1cnn(C2CCOCC2)c1. The monoisotopic (exact) mass is 570 g/mol. The molecule has 0 unspecified atom stereocenters. The van der Waals surface area contributed by atoms with E-state index >= 15 is 0 Å². The number of anilines is 1. The summed E-state index contributed by atoms with van der Waals surface area (Å²) in [5.74, 6) is 5.47. The highest BCUT2D eigenvalue weighted by Crippen LogP contribution is 2.30. The van der Waals surface area contributed by atoms with Crippen LogP contribution >= 0.6 is 0 Å². The van der Waals surface area contributed by atoms with Gasteiger partial charge in [-0.1, -0.05) is 17.9 Å². The number of aryl methyl sites for hydroxylation is 1. The Labute approximate surface area is 239 Å². The third-order valence-corrected chi connectivity index (χ3v) is 7.15. The molecule has 0 atom stereocenters. The maximum absolute atomic E-state index is 13.0. The summed E-state index contributed by atoms with van der Waals surface area (Å²) in [4.78, 5) is 21.2. The highest BCUT2D eigenvalue weighted by molar-refractivity contribution is 6.04. The number of hydrogen-bond acceptors (Lipinski definition) is 5. The number of imidazole rings is 1. The molecule has 1 fully saturated rings. The summed E-state index contributed by atoms with van der Waals surface area (Å²) in [5, 5.41) is 6.99. The highest BCUT2D eigenvalue weighted by Gasteiger charge is 2.31. The number of ether oxygens (including phenoxy) is 1. The number of carbonyl (C=O) groups excluding carboxylic acids is 1. The van der Waals surface area contributed by atoms with Crippen molar-refractivity contribution in [3.05, 3.63) is 101 Å². The molecule has 1 aliphatic heterocycles. The van der Waals surface area contributed by atoms with Gasteiger partial charge in [0.2, 0.25) is 0 Å². The first kappa shape index (κ1) is 27.2. The Morgan fingerprint density at radius 2 is 1.88 bits per heavy atom. The first-order chi connectivity index (χ1) is 20.2. The number of aromatic nitrogens is 5. The Bertz CT molecular complexity index is 1840. The Morgan fingerprint density at radius 1 is 1.05 bits per heavy atom. The van der Waals surface area contributed by atoms with Gasteiger partial charge in [-0.3, -0.25) is 14.0 Å². The van der Waals surface area contributed by atoms with Crippen molar-refractivity contribution in [2.24, 2.45) is 0 Å². The van der Waals surface area contributed by atoms with E-state index in [9.17, 15) is 18.0 Å². The van der Waals surface area contributed by atoms with Crippen LogP contribution in [-0.2, 0) is 10.9 Å². The van der Waals surface area contributed by atoms with Crippen molar-refractivity contribution < 1.29 is 22.7 Å². The Morgan fingerprint density at radius 3 is 2.69 bits per heavy atom. The second-order valence-electron chi connectivity index (χ2n) is 10.0. The molecular weight excluding hydrogens is 545 g/mol. The van der Waals surface area contributed by atoms with E-state index in [1.54, 1.807) is 24.5 Å². The predicted octanol–water partition coefficient (Wildman–Crippen LogP) is 5.95. The number of nitrogens with one attached hydrogen (secondary N) is 1. The molecule has 8 nitrogen and oxygen atoms in total. The molecule has 4 heterocycles. The van der Waals surface area contributed by atoms with Crippen LogP contribution < -0.4 is 5.32 Å². The van der Waals surface area contributed by atoms with Gasteiger partial charge in [0, 0.05) is 42.3 Å². The molecule has 0 radical (unpaired) electrons. The topological polar surface area (TPSA) is 86.9 Å². The zero-order valence-corrected chi connectivity index (χ0v) is 22.5. The summed E-state index contributed by atoms with van der Waals surface area (Å²) in [7, 11) is 0. The summed E-state index contributed by atoms with van der Waals surface area (Å²) >= 11 is 0. The normalized spacial score (nSPS) is 14.0. The third kappa shape index (κ3) is 5.75. The zero-order chi connectivity index (χ0) is 29.3. The molecule has 3 aromatic heterocycles. The maximum Gasteiger partial charge on any atom is 0.416 e. The van der Waals surface area contributed by atoms with Crippen LogP contribution in [0.3, 0.4) is 0 Å². The zero-order valence-electron chi connectivity index (χ0n) is 22.5. The second-order valence-corrected chi connectivity index (χ2v) is 10.0. The highest BCUT2D eigenvalue weighted by atomic mass is 19.4. The molecule has 0 aliphatic carbocycles. The number of nitrogens with zero attached hydrogens (tertiary/aromatic N) is 5. The minimum atomic E-state index is -4.54. The summed E-state index contributed by atoms with van der Waals surface area (Å²) in [6, 6.07) is 12.7. The Hall–Kier alpha value is -4.95. The molecule has 0 bridgehead atoms. The average molecular weight is 571 g/mol. The molecule has 1 N–H and O–H groups in total. The van der Waals surface area contributed by atoms with E-state index in [0.29, 0.717) is 11.6 Å². The minimum absolute atomic E-state index is 0.188. The smallest absolute Gasteiger partial charge is 0.381 e. The summed E-state index contributed by atoms with van der Waals surface area (Å²) in [6.07, 6.45) is 3.97. The second kappa shape index (κ2) is 11.1. The van der Waals surface area contributed by atoms with Gasteiger partial charge in [0.05, 0.1) is 34.5 Å². The van der Waals surface area contributed by atoms with Crippen LogP contribution in [-0.4, -0.2) is 43.4 Å². The number of rotatable bonds is 4. The maximum atomic E-state index is 13.0. The van der Waals surface area contributed by atoms with Gasteiger partial charge in [-0.25, -0.2) is 9.97 Å². The van der Waals surface area contributed by atoms with Gasteiger partial charge in [0.15, 0.2) is 0 Å². The molecule has 11 heteroatoms. The lowest BCUT2D eigenvalue weighted by molar-refractivity contribution is -0.137. The van der Waals surface area contributed by atoms with Crippen LogP contribution in [0.5, 0.6) is 0 Å². The molecule has 1 saturated heterocycles. The van der Waals surface area contributed by atoms with E-state index in [1.165, 1.54) is 0 Å². The largest absolute Gasteiger partial charge is 0.416 e.